The number of ether oxygens (including phenoxy) is 2. The summed E-state index contributed by atoms with van der Waals surface area (Å²) in [4.78, 5) is 14.3. The van der Waals surface area contributed by atoms with Crippen molar-refractivity contribution in [3.05, 3.63) is 54.1 Å². The van der Waals surface area contributed by atoms with Crippen LogP contribution in [0.3, 0.4) is 0 Å². The zero-order valence-electron chi connectivity index (χ0n) is 14.3. The van der Waals surface area contributed by atoms with Gasteiger partial charge < -0.3 is 14.4 Å². The van der Waals surface area contributed by atoms with Crippen molar-refractivity contribution in [1.82, 2.24) is 4.90 Å². The zero-order valence-corrected chi connectivity index (χ0v) is 15.2. The third kappa shape index (κ3) is 4.14. The van der Waals surface area contributed by atoms with Gasteiger partial charge in [-0.25, -0.2) is 8.42 Å². The number of carbonyl (C=O) groups excluding carboxylic acids is 1. The lowest BCUT2D eigenvalue weighted by Gasteiger charge is -2.27. The Hall–Kier alpha value is -2.58. The number of hydrogen-bond acceptors (Lipinski definition) is 5. The molecule has 8 heteroatoms. The van der Waals surface area contributed by atoms with Gasteiger partial charge in [0.25, 0.3) is 15.9 Å². The SMILES string of the molecule is COc1ccc(S(=O)(=O)Nc2cccc(C(=O)N3CCOCC3)c2)cc1. The van der Waals surface area contributed by atoms with Crippen molar-refractivity contribution in [2.24, 2.45) is 0 Å². The highest BCUT2D eigenvalue weighted by Crippen LogP contribution is 2.20. The monoisotopic (exact) mass is 376 g/mol. The highest BCUT2D eigenvalue weighted by atomic mass is 32.2. The van der Waals surface area contributed by atoms with Crippen LogP contribution in [0.15, 0.2) is 53.4 Å². The molecule has 0 aromatic heterocycles. The van der Waals surface area contributed by atoms with Crippen molar-refractivity contribution in [2.75, 3.05) is 38.1 Å². The van der Waals surface area contributed by atoms with Crippen LogP contribution in [0.1, 0.15) is 10.4 Å². The smallest absolute Gasteiger partial charge is 0.261 e. The second kappa shape index (κ2) is 7.76. The molecule has 0 spiro atoms. The van der Waals surface area contributed by atoms with E-state index in [0.717, 1.165) is 0 Å². The molecule has 0 atom stereocenters. The Morgan fingerprint density at radius 1 is 1.12 bits per heavy atom. The molecular weight excluding hydrogens is 356 g/mol. The van der Waals surface area contributed by atoms with E-state index < -0.39 is 10.0 Å². The van der Waals surface area contributed by atoms with E-state index in [1.807, 2.05) is 0 Å². The zero-order chi connectivity index (χ0) is 18.6. The average molecular weight is 376 g/mol. The second-order valence-electron chi connectivity index (χ2n) is 5.77. The summed E-state index contributed by atoms with van der Waals surface area (Å²) in [5.41, 5.74) is 0.766. The van der Waals surface area contributed by atoms with E-state index in [1.54, 1.807) is 41.3 Å². The summed E-state index contributed by atoms with van der Waals surface area (Å²) in [6.07, 6.45) is 0. The minimum atomic E-state index is -3.76. The van der Waals surface area contributed by atoms with Gasteiger partial charge in [-0.3, -0.25) is 9.52 Å². The minimum Gasteiger partial charge on any atom is -0.497 e. The molecule has 7 nitrogen and oxygen atoms in total. The minimum absolute atomic E-state index is 0.114. The van der Waals surface area contributed by atoms with Crippen molar-refractivity contribution in [2.45, 2.75) is 4.90 Å². The number of nitrogens with one attached hydrogen (secondary N) is 1. The molecule has 0 bridgehead atoms. The fourth-order valence-corrected chi connectivity index (χ4v) is 3.68. The van der Waals surface area contributed by atoms with Crippen LogP contribution in [-0.2, 0) is 14.8 Å². The van der Waals surface area contributed by atoms with E-state index in [4.69, 9.17) is 9.47 Å². The molecule has 0 saturated carbocycles. The summed E-state index contributed by atoms with van der Waals surface area (Å²) < 4.78 is 37.8. The fourth-order valence-electron chi connectivity index (χ4n) is 2.63. The molecular formula is C18H20N2O5S. The van der Waals surface area contributed by atoms with Gasteiger partial charge in [-0.2, -0.15) is 0 Å². The molecule has 26 heavy (non-hydrogen) atoms. The highest BCUT2D eigenvalue weighted by molar-refractivity contribution is 7.92. The first kappa shape index (κ1) is 18.2. The van der Waals surface area contributed by atoms with E-state index in [0.29, 0.717) is 43.3 Å². The van der Waals surface area contributed by atoms with E-state index in [-0.39, 0.29) is 10.8 Å². The summed E-state index contributed by atoms with van der Waals surface area (Å²) in [6.45, 7) is 2.08. The molecule has 138 valence electrons. The normalized spacial score (nSPS) is 14.7. The quantitative estimate of drug-likeness (QED) is 0.862. The van der Waals surface area contributed by atoms with Crippen molar-refractivity contribution in [3.63, 3.8) is 0 Å². The number of hydrogen-bond donors (Lipinski definition) is 1. The Bertz CT molecular complexity index is 875. The van der Waals surface area contributed by atoms with Gasteiger partial charge in [0.2, 0.25) is 0 Å². The average Bonchev–Trinajstić information content (AvgIpc) is 2.68. The number of carbonyl (C=O) groups is 1. The van der Waals surface area contributed by atoms with Crippen molar-refractivity contribution < 1.29 is 22.7 Å². The standard InChI is InChI=1S/C18H20N2O5S/c1-24-16-5-7-17(8-6-16)26(22,23)19-15-4-2-3-14(13-15)18(21)20-9-11-25-12-10-20/h2-8,13,19H,9-12H2,1H3. The third-order valence-electron chi connectivity index (χ3n) is 4.03. The molecule has 0 aliphatic carbocycles. The lowest BCUT2D eigenvalue weighted by Crippen LogP contribution is -2.40. The van der Waals surface area contributed by atoms with Crippen molar-refractivity contribution >= 4 is 21.6 Å². The molecule has 1 aliphatic heterocycles. The highest BCUT2D eigenvalue weighted by Gasteiger charge is 2.20. The van der Waals surface area contributed by atoms with Gasteiger partial charge in [0.05, 0.1) is 25.2 Å². The van der Waals surface area contributed by atoms with Crippen LogP contribution in [0.2, 0.25) is 0 Å². The number of anilines is 1. The van der Waals surface area contributed by atoms with Crippen LogP contribution in [0.25, 0.3) is 0 Å². The molecule has 1 fully saturated rings. The molecule has 1 amide bonds. The predicted molar refractivity (Wildman–Crippen MR) is 97.0 cm³/mol. The van der Waals surface area contributed by atoms with Gasteiger partial charge in [-0.1, -0.05) is 6.07 Å². The van der Waals surface area contributed by atoms with Gasteiger partial charge in [0, 0.05) is 24.3 Å². The molecule has 1 aliphatic rings. The number of morpholine rings is 1. The lowest BCUT2D eigenvalue weighted by molar-refractivity contribution is 0.0303. The van der Waals surface area contributed by atoms with Crippen LogP contribution in [0.4, 0.5) is 5.69 Å². The Labute approximate surface area is 152 Å². The van der Waals surface area contributed by atoms with Gasteiger partial charge in [0.1, 0.15) is 5.75 Å². The fraction of sp³-hybridized carbons (Fsp3) is 0.278. The largest absolute Gasteiger partial charge is 0.497 e. The first-order chi connectivity index (χ1) is 12.5. The topological polar surface area (TPSA) is 84.9 Å². The number of sulfonamides is 1. The maximum absolute atomic E-state index is 12.5. The van der Waals surface area contributed by atoms with Crippen LogP contribution in [0, 0.1) is 0 Å². The van der Waals surface area contributed by atoms with Gasteiger partial charge >= 0.3 is 0 Å². The van der Waals surface area contributed by atoms with E-state index >= 15 is 0 Å². The number of benzene rings is 2. The second-order valence-corrected chi connectivity index (χ2v) is 7.45. The summed E-state index contributed by atoms with van der Waals surface area (Å²) in [5, 5.41) is 0. The number of nitrogens with zero attached hydrogens (tertiary/aromatic N) is 1. The van der Waals surface area contributed by atoms with Crippen LogP contribution >= 0.6 is 0 Å². The van der Waals surface area contributed by atoms with E-state index in [9.17, 15) is 13.2 Å². The molecule has 1 saturated heterocycles. The molecule has 0 unspecified atom stereocenters. The molecule has 1 N–H and O–H groups in total. The molecule has 2 aromatic rings. The first-order valence-electron chi connectivity index (χ1n) is 8.13. The maximum Gasteiger partial charge on any atom is 0.261 e. The number of methoxy groups -OCH3 is 1. The van der Waals surface area contributed by atoms with E-state index in [2.05, 4.69) is 4.72 Å². The Balaban J connectivity index is 1.77. The lowest BCUT2D eigenvalue weighted by atomic mass is 10.1. The Kier molecular flexibility index (Phi) is 5.43. The predicted octanol–water partition coefficient (Wildman–Crippen LogP) is 1.97. The summed E-state index contributed by atoms with van der Waals surface area (Å²) in [6, 6.07) is 12.5. The Morgan fingerprint density at radius 3 is 2.46 bits per heavy atom. The maximum atomic E-state index is 12.5. The first-order valence-corrected chi connectivity index (χ1v) is 9.62. The summed E-state index contributed by atoms with van der Waals surface area (Å²) >= 11 is 0. The van der Waals surface area contributed by atoms with Crippen LogP contribution < -0.4 is 9.46 Å². The Morgan fingerprint density at radius 2 is 1.81 bits per heavy atom. The van der Waals surface area contributed by atoms with Gasteiger partial charge in [-0.15, -0.1) is 0 Å². The molecule has 3 rings (SSSR count). The molecule has 1 heterocycles. The van der Waals surface area contributed by atoms with Crippen LogP contribution in [0.5, 0.6) is 5.75 Å². The van der Waals surface area contributed by atoms with Crippen molar-refractivity contribution in [1.29, 1.82) is 0 Å². The number of rotatable bonds is 5. The summed E-state index contributed by atoms with van der Waals surface area (Å²) in [7, 11) is -2.24. The van der Waals surface area contributed by atoms with Gasteiger partial charge in [-0.05, 0) is 42.5 Å². The summed E-state index contributed by atoms with van der Waals surface area (Å²) in [5.74, 6) is 0.431. The third-order valence-corrected chi connectivity index (χ3v) is 5.43. The molecule has 0 radical (unpaired) electrons. The van der Waals surface area contributed by atoms with E-state index in [1.165, 1.54) is 19.2 Å². The van der Waals surface area contributed by atoms with Crippen LogP contribution in [-0.4, -0.2) is 52.6 Å². The van der Waals surface area contributed by atoms with Gasteiger partial charge in [0.15, 0.2) is 0 Å². The number of amides is 1. The van der Waals surface area contributed by atoms with Crippen molar-refractivity contribution in [3.8, 4) is 5.75 Å². The molecule has 2 aromatic carbocycles.